The number of para-hydroxylation sites is 1. The Morgan fingerprint density at radius 3 is 2.46 bits per heavy atom. The van der Waals surface area contributed by atoms with Gasteiger partial charge in [-0.25, -0.2) is 9.78 Å². The maximum atomic E-state index is 11.6. The standard InChI is InChI=1S/C18H13ClN2O3/c1-10(22)20-12-7-5-11(6-8-12)16-9-14(18(23)24)13-3-2-4-15(19)17(13)21-16/h2-9H,1H3,(H,20,22)(H,23,24). The first-order valence-corrected chi connectivity index (χ1v) is 7.54. The molecular weight excluding hydrogens is 328 g/mol. The monoisotopic (exact) mass is 340 g/mol. The molecule has 0 aliphatic heterocycles. The molecule has 0 atom stereocenters. The number of rotatable bonds is 3. The summed E-state index contributed by atoms with van der Waals surface area (Å²) < 4.78 is 0. The Bertz CT molecular complexity index is 952. The van der Waals surface area contributed by atoms with Crippen LogP contribution in [0.2, 0.25) is 5.02 Å². The van der Waals surface area contributed by atoms with Crippen LogP contribution >= 0.6 is 11.6 Å². The van der Waals surface area contributed by atoms with E-state index in [9.17, 15) is 14.7 Å². The first kappa shape index (κ1) is 16.0. The number of carbonyl (C=O) groups is 2. The highest BCUT2D eigenvalue weighted by Crippen LogP contribution is 2.29. The van der Waals surface area contributed by atoms with Crippen LogP contribution in [0.5, 0.6) is 0 Å². The lowest BCUT2D eigenvalue weighted by atomic mass is 10.0. The quantitative estimate of drug-likeness (QED) is 0.748. The predicted octanol–water partition coefficient (Wildman–Crippen LogP) is 4.21. The Balaban J connectivity index is 2.14. The van der Waals surface area contributed by atoms with Crippen LogP contribution in [0.15, 0.2) is 48.5 Å². The molecule has 2 N–H and O–H groups in total. The number of hydrogen-bond donors (Lipinski definition) is 2. The Morgan fingerprint density at radius 1 is 1.12 bits per heavy atom. The van der Waals surface area contributed by atoms with Crippen LogP contribution < -0.4 is 5.32 Å². The zero-order valence-corrected chi connectivity index (χ0v) is 13.5. The van der Waals surface area contributed by atoms with Gasteiger partial charge in [-0.15, -0.1) is 0 Å². The summed E-state index contributed by atoms with van der Waals surface area (Å²) in [6.07, 6.45) is 0. The van der Waals surface area contributed by atoms with Crippen LogP contribution in [0.4, 0.5) is 5.69 Å². The summed E-state index contributed by atoms with van der Waals surface area (Å²) >= 11 is 6.17. The normalized spacial score (nSPS) is 10.6. The van der Waals surface area contributed by atoms with E-state index in [0.717, 1.165) is 5.56 Å². The number of aromatic carboxylic acids is 1. The van der Waals surface area contributed by atoms with Crippen molar-refractivity contribution in [2.24, 2.45) is 0 Å². The molecule has 0 saturated heterocycles. The minimum atomic E-state index is -1.04. The second-order valence-electron chi connectivity index (χ2n) is 5.25. The number of carboxylic acids is 1. The van der Waals surface area contributed by atoms with Gasteiger partial charge in [0.05, 0.1) is 21.8 Å². The molecule has 120 valence electrons. The van der Waals surface area contributed by atoms with Gasteiger partial charge in [0.2, 0.25) is 5.91 Å². The maximum absolute atomic E-state index is 11.6. The highest BCUT2D eigenvalue weighted by atomic mass is 35.5. The Hall–Kier alpha value is -2.92. The van der Waals surface area contributed by atoms with Crippen molar-refractivity contribution < 1.29 is 14.7 Å². The lowest BCUT2D eigenvalue weighted by Crippen LogP contribution is -2.05. The van der Waals surface area contributed by atoms with Crippen LogP contribution in [-0.4, -0.2) is 22.0 Å². The number of benzene rings is 2. The number of hydrogen-bond acceptors (Lipinski definition) is 3. The smallest absolute Gasteiger partial charge is 0.336 e. The number of pyridine rings is 1. The van der Waals surface area contributed by atoms with Gasteiger partial charge in [0.1, 0.15) is 0 Å². The molecule has 0 radical (unpaired) electrons. The second-order valence-corrected chi connectivity index (χ2v) is 5.66. The minimum Gasteiger partial charge on any atom is -0.478 e. The number of halogens is 1. The molecule has 1 heterocycles. The maximum Gasteiger partial charge on any atom is 0.336 e. The van der Waals surface area contributed by atoms with Crippen molar-refractivity contribution in [3.63, 3.8) is 0 Å². The fourth-order valence-electron chi connectivity index (χ4n) is 2.47. The summed E-state index contributed by atoms with van der Waals surface area (Å²) in [5.74, 6) is -1.20. The van der Waals surface area contributed by atoms with Gasteiger partial charge in [0.15, 0.2) is 0 Å². The Labute approximate surface area is 142 Å². The average molecular weight is 341 g/mol. The molecule has 0 saturated carbocycles. The summed E-state index contributed by atoms with van der Waals surface area (Å²) in [6.45, 7) is 1.43. The van der Waals surface area contributed by atoms with Crippen molar-refractivity contribution in [2.45, 2.75) is 6.92 Å². The van der Waals surface area contributed by atoms with E-state index in [0.29, 0.717) is 27.3 Å². The highest BCUT2D eigenvalue weighted by molar-refractivity contribution is 6.35. The molecule has 0 fully saturated rings. The lowest BCUT2D eigenvalue weighted by Gasteiger charge is -2.09. The van der Waals surface area contributed by atoms with Crippen LogP contribution in [-0.2, 0) is 4.79 Å². The summed E-state index contributed by atoms with van der Waals surface area (Å²) in [4.78, 5) is 27.1. The molecule has 2 aromatic carbocycles. The van der Waals surface area contributed by atoms with Gasteiger partial charge in [-0.2, -0.15) is 0 Å². The number of aromatic nitrogens is 1. The molecule has 0 unspecified atom stereocenters. The number of fused-ring (bicyclic) bond motifs is 1. The summed E-state index contributed by atoms with van der Waals surface area (Å²) in [5.41, 5.74) is 2.47. The van der Waals surface area contributed by atoms with Crippen molar-refractivity contribution in [3.8, 4) is 11.3 Å². The number of nitrogens with one attached hydrogen (secondary N) is 1. The van der Waals surface area contributed by atoms with Crippen LogP contribution in [0.1, 0.15) is 17.3 Å². The largest absolute Gasteiger partial charge is 0.478 e. The van der Waals surface area contributed by atoms with E-state index in [1.54, 1.807) is 42.5 Å². The van der Waals surface area contributed by atoms with E-state index in [1.165, 1.54) is 13.0 Å². The third kappa shape index (κ3) is 3.07. The first-order chi connectivity index (χ1) is 11.5. The highest BCUT2D eigenvalue weighted by Gasteiger charge is 2.14. The molecule has 3 aromatic rings. The average Bonchev–Trinajstić information content (AvgIpc) is 2.54. The third-order valence-electron chi connectivity index (χ3n) is 3.52. The second kappa shape index (κ2) is 6.29. The Morgan fingerprint density at radius 2 is 1.83 bits per heavy atom. The molecule has 0 spiro atoms. The number of anilines is 1. The summed E-state index contributed by atoms with van der Waals surface area (Å²) in [7, 11) is 0. The van der Waals surface area contributed by atoms with Crippen molar-refractivity contribution in [2.75, 3.05) is 5.32 Å². The van der Waals surface area contributed by atoms with E-state index in [1.807, 2.05) is 0 Å². The zero-order chi connectivity index (χ0) is 17.3. The fourth-order valence-corrected chi connectivity index (χ4v) is 2.68. The van der Waals surface area contributed by atoms with E-state index >= 15 is 0 Å². The van der Waals surface area contributed by atoms with Crippen molar-refractivity contribution >= 4 is 40.1 Å². The number of carbonyl (C=O) groups excluding carboxylic acids is 1. The third-order valence-corrected chi connectivity index (χ3v) is 3.83. The Kier molecular flexibility index (Phi) is 4.18. The van der Waals surface area contributed by atoms with Gasteiger partial charge >= 0.3 is 5.97 Å². The van der Waals surface area contributed by atoms with Gasteiger partial charge in [-0.05, 0) is 24.3 Å². The predicted molar refractivity (Wildman–Crippen MR) is 93.5 cm³/mol. The van der Waals surface area contributed by atoms with Gasteiger partial charge in [-0.1, -0.05) is 35.9 Å². The lowest BCUT2D eigenvalue weighted by molar-refractivity contribution is -0.114. The molecule has 3 rings (SSSR count). The van der Waals surface area contributed by atoms with Gasteiger partial charge in [-0.3, -0.25) is 4.79 Å². The molecule has 6 heteroatoms. The number of carboxylic acid groups (broad SMARTS) is 1. The minimum absolute atomic E-state index is 0.142. The van der Waals surface area contributed by atoms with Crippen LogP contribution in [0.3, 0.4) is 0 Å². The first-order valence-electron chi connectivity index (χ1n) is 7.16. The van der Waals surface area contributed by atoms with Gasteiger partial charge < -0.3 is 10.4 Å². The molecule has 5 nitrogen and oxygen atoms in total. The van der Waals surface area contributed by atoms with E-state index in [2.05, 4.69) is 10.3 Å². The van der Waals surface area contributed by atoms with E-state index in [4.69, 9.17) is 11.6 Å². The van der Waals surface area contributed by atoms with Crippen LogP contribution in [0, 0.1) is 0 Å². The van der Waals surface area contributed by atoms with Gasteiger partial charge in [0.25, 0.3) is 0 Å². The van der Waals surface area contributed by atoms with Crippen molar-refractivity contribution in [1.29, 1.82) is 0 Å². The fraction of sp³-hybridized carbons (Fsp3) is 0.0556. The van der Waals surface area contributed by atoms with Crippen molar-refractivity contribution in [1.82, 2.24) is 4.98 Å². The molecule has 1 aromatic heterocycles. The molecule has 0 bridgehead atoms. The summed E-state index contributed by atoms with van der Waals surface area (Å²) in [6, 6.07) is 13.6. The topological polar surface area (TPSA) is 79.3 Å². The molecule has 24 heavy (non-hydrogen) atoms. The molecular formula is C18H13ClN2O3. The van der Waals surface area contributed by atoms with Crippen LogP contribution in [0.25, 0.3) is 22.2 Å². The molecule has 0 aliphatic rings. The number of nitrogens with zero attached hydrogens (tertiary/aromatic N) is 1. The van der Waals surface area contributed by atoms with Crippen molar-refractivity contribution in [3.05, 3.63) is 59.1 Å². The SMILES string of the molecule is CC(=O)Nc1ccc(-c2cc(C(=O)O)c3cccc(Cl)c3n2)cc1. The molecule has 0 aliphatic carbocycles. The number of amides is 1. The van der Waals surface area contributed by atoms with Gasteiger partial charge in [0, 0.05) is 23.6 Å². The van der Waals surface area contributed by atoms with E-state index in [-0.39, 0.29) is 11.5 Å². The summed E-state index contributed by atoms with van der Waals surface area (Å²) in [5, 5.41) is 13.0. The molecule has 1 amide bonds. The zero-order valence-electron chi connectivity index (χ0n) is 12.7. The van der Waals surface area contributed by atoms with E-state index < -0.39 is 5.97 Å².